The smallest absolute Gasteiger partial charge is 0.296 e. The highest BCUT2D eigenvalue weighted by Gasteiger charge is 2.14. The summed E-state index contributed by atoms with van der Waals surface area (Å²) in [4.78, 5) is 12.8. The summed E-state index contributed by atoms with van der Waals surface area (Å²) in [6.45, 7) is 0. The average Bonchev–Trinajstić information content (AvgIpc) is 2.83. The van der Waals surface area contributed by atoms with Crippen molar-refractivity contribution < 1.29 is 4.39 Å². The lowest BCUT2D eigenvalue weighted by Crippen LogP contribution is -2.22. The summed E-state index contributed by atoms with van der Waals surface area (Å²) in [5.74, 6) is -0.345. The zero-order chi connectivity index (χ0) is 15.3. The number of nitrogens with zero attached hydrogens (tertiary/aromatic N) is 3. The molecule has 2 heterocycles. The molecule has 0 radical (unpaired) electrons. The monoisotopic (exact) mass is 293 g/mol. The third kappa shape index (κ3) is 1.69. The molecule has 2 aromatic heterocycles. The van der Waals surface area contributed by atoms with Crippen molar-refractivity contribution in [2.45, 2.75) is 0 Å². The minimum Gasteiger partial charge on any atom is -0.339 e. The van der Waals surface area contributed by atoms with E-state index in [2.05, 4.69) is 5.10 Å². The second kappa shape index (κ2) is 4.53. The summed E-state index contributed by atoms with van der Waals surface area (Å²) < 4.78 is 16.2. The molecule has 0 atom stereocenters. The van der Waals surface area contributed by atoms with Crippen LogP contribution in [0.2, 0.25) is 0 Å². The number of aryl methyl sites for hydroxylation is 1. The number of benzene rings is 2. The molecular formula is C17H12FN3O. The van der Waals surface area contributed by atoms with Gasteiger partial charge in [-0.1, -0.05) is 18.2 Å². The molecule has 5 heteroatoms. The Kier molecular flexibility index (Phi) is 2.63. The summed E-state index contributed by atoms with van der Waals surface area (Å²) >= 11 is 0. The van der Waals surface area contributed by atoms with Crippen molar-refractivity contribution in [3.8, 4) is 5.69 Å². The van der Waals surface area contributed by atoms with E-state index < -0.39 is 0 Å². The van der Waals surface area contributed by atoms with Gasteiger partial charge in [0, 0.05) is 23.3 Å². The van der Waals surface area contributed by atoms with E-state index in [1.807, 2.05) is 35.9 Å². The van der Waals surface area contributed by atoms with Crippen LogP contribution in [0, 0.1) is 5.82 Å². The number of fused-ring (bicyclic) bond motifs is 3. The van der Waals surface area contributed by atoms with E-state index >= 15 is 0 Å². The Bertz CT molecular complexity index is 1060. The van der Waals surface area contributed by atoms with Crippen LogP contribution >= 0.6 is 0 Å². The van der Waals surface area contributed by atoms with Crippen molar-refractivity contribution >= 4 is 21.8 Å². The maximum Gasteiger partial charge on any atom is 0.296 e. The zero-order valence-electron chi connectivity index (χ0n) is 11.8. The van der Waals surface area contributed by atoms with Crippen LogP contribution in [-0.4, -0.2) is 14.3 Å². The highest BCUT2D eigenvalue weighted by atomic mass is 19.1. The van der Waals surface area contributed by atoms with E-state index in [1.54, 1.807) is 6.20 Å². The Morgan fingerprint density at radius 2 is 1.73 bits per heavy atom. The Hall–Kier alpha value is -2.95. The van der Waals surface area contributed by atoms with Crippen molar-refractivity contribution in [3.63, 3.8) is 0 Å². The molecule has 4 aromatic rings. The first-order valence-corrected chi connectivity index (χ1v) is 6.88. The van der Waals surface area contributed by atoms with Crippen molar-refractivity contribution in [2.24, 2.45) is 7.05 Å². The van der Waals surface area contributed by atoms with Gasteiger partial charge < -0.3 is 4.57 Å². The van der Waals surface area contributed by atoms with E-state index in [-0.39, 0.29) is 11.4 Å². The summed E-state index contributed by atoms with van der Waals surface area (Å²) in [7, 11) is 1.86. The van der Waals surface area contributed by atoms with Gasteiger partial charge in [0.05, 0.1) is 11.9 Å². The maximum atomic E-state index is 13.0. The molecule has 4 nitrogen and oxygen atoms in total. The van der Waals surface area contributed by atoms with Crippen molar-refractivity contribution in [2.75, 3.05) is 0 Å². The molecule has 0 fully saturated rings. The molecule has 108 valence electrons. The summed E-state index contributed by atoms with van der Waals surface area (Å²) in [6.07, 6.45) is 1.68. The molecule has 0 unspecified atom stereocenters. The van der Waals surface area contributed by atoms with Crippen LogP contribution in [0.3, 0.4) is 0 Å². The van der Waals surface area contributed by atoms with E-state index in [0.29, 0.717) is 11.2 Å². The number of halogens is 1. The van der Waals surface area contributed by atoms with Gasteiger partial charge in [-0.05, 0) is 30.3 Å². The molecule has 4 rings (SSSR count). The molecule has 0 aliphatic rings. The van der Waals surface area contributed by atoms with E-state index in [9.17, 15) is 9.18 Å². The fourth-order valence-corrected chi connectivity index (χ4v) is 2.85. The number of rotatable bonds is 1. The van der Waals surface area contributed by atoms with Gasteiger partial charge in [0.15, 0.2) is 0 Å². The molecule has 0 aliphatic heterocycles. The van der Waals surface area contributed by atoms with Gasteiger partial charge in [-0.15, -0.1) is 0 Å². The second-order valence-corrected chi connectivity index (χ2v) is 5.18. The van der Waals surface area contributed by atoms with Gasteiger partial charge in [-0.3, -0.25) is 4.79 Å². The quantitative estimate of drug-likeness (QED) is 0.541. The van der Waals surface area contributed by atoms with Crippen molar-refractivity contribution in [3.05, 3.63) is 70.9 Å². The Balaban J connectivity index is 2.10. The number of aromatic nitrogens is 3. The Labute approximate surface area is 125 Å². The van der Waals surface area contributed by atoms with Gasteiger partial charge in [0.1, 0.15) is 11.3 Å². The Morgan fingerprint density at radius 3 is 2.50 bits per heavy atom. The lowest BCUT2D eigenvalue weighted by Gasteiger charge is -2.05. The van der Waals surface area contributed by atoms with Crippen LogP contribution < -0.4 is 5.56 Å². The van der Waals surface area contributed by atoms with Gasteiger partial charge in [-0.2, -0.15) is 9.78 Å². The van der Waals surface area contributed by atoms with Crippen LogP contribution in [-0.2, 0) is 7.05 Å². The highest BCUT2D eigenvalue weighted by molar-refractivity contribution is 6.07. The van der Waals surface area contributed by atoms with Crippen LogP contribution in [0.5, 0.6) is 0 Å². The fourth-order valence-electron chi connectivity index (χ4n) is 2.85. The van der Waals surface area contributed by atoms with Crippen molar-refractivity contribution in [1.82, 2.24) is 14.3 Å². The van der Waals surface area contributed by atoms with Crippen LogP contribution in [0.25, 0.3) is 27.5 Å². The van der Waals surface area contributed by atoms with Crippen LogP contribution in [0.4, 0.5) is 4.39 Å². The molecule has 0 saturated carbocycles. The minimum absolute atomic E-state index is 0.220. The van der Waals surface area contributed by atoms with E-state index in [0.717, 1.165) is 16.3 Å². The molecular weight excluding hydrogens is 281 g/mol. The molecule has 2 aromatic carbocycles. The SMILES string of the molecule is Cn1c2ccccc2c2cnn(-c3ccc(F)cc3)c(=O)c21. The normalized spacial score (nSPS) is 11.4. The van der Waals surface area contributed by atoms with Gasteiger partial charge in [-0.25, -0.2) is 4.39 Å². The predicted octanol–water partition coefficient (Wildman–Crippen LogP) is 3.02. The largest absolute Gasteiger partial charge is 0.339 e. The highest BCUT2D eigenvalue weighted by Crippen LogP contribution is 2.25. The molecule has 0 amide bonds. The fraction of sp³-hybridized carbons (Fsp3) is 0.0588. The zero-order valence-corrected chi connectivity index (χ0v) is 11.8. The molecule has 0 bridgehead atoms. The molecule has 0 spiro atoms. The number of para-hydroxylation sites is 1. The number of hydrogen-bond donors (Lipinski definition) is 0. The van der Waals surface area contributed by atoms with Crippen molar-refractivity contribution in [1.29, 1.82) is 0 Å². The van der Waals surface area contributed by atoms with Gasteiger partial charge >= 0.3 is 0 Å². The lowest BCUT2D eigenvalue weighted by molar-refractivity contribution is 0.626. The van der Waals surface area contributed by atoms with Crippen LogP contribution in [0.15, 0.2) is 59.5 Å². The third-order valence-corrected chi connectivity index (χ3v) is 3.91. The summed E-state index contributed by atoms with van der Waals surface area (Å²) in [6, 6.07) is 13.5. The van der Waals surface area contributed by atoms with E-state index in [1.165, 1.54) is 28.9 Å². The summed E-state index contributed by atoms with van der Waals surface area (Å²) in [5, 5.41) is 6.06. The molecule has 0 saturated heterocycles. The third-order valence-electron chi connectivity index (χ3n) is 3.91. The van der Waals surface area contributed by atoms with Crippen LogP contribution in [0.1, 0.15) is 0 Å². The first kappa shape index (κ1) is 12.8. The van der Waals surface area contributed by atoms with E-state index in [4.69, 9.17) is 0 Å². The predicted molar refractivity (Wildman–Crippen MR) is 83.8 cm³/mol. The number of hydrogen-bond acceptors (Lipinski definition) is 2. The first-order valence-electron chi connectivity index (χ1n) is 6.88. The van der Waals surface area contributed by atoms with Gasteiger partial charge in [0.25, 0.3) is 5.56 Å². The molecule has 0 N–H and O–H groups in total. The van der Waals surface area contributed by atoms with Gasteiger partial charge in [0.2, 0.25) is 0 Å². The average molecular weight is 293 g/mol. The second-order valence-electron chi connectivity index (χ2n) is 5.18. The minimum atomic E-state index is -0.345. The molecule has 0 aliphatic carbocycles. The first-order chi connectivity index (χ1) is 10.7. The Morgan fingerprint density at radius 1 is 1.00 bits per heavy atom. The summed E-state index contributed by atoms with van der Waals surface area (Å²) in [5.41, 5.74) is 1.88. The standard InChI is InChI=1S/C17H12FN3O/c1-20-15-5-3-2-4-13(15)14-10-19-21(17(22)16(14)20)12-8-6-11(18)7-9-12/h2-10H,1H3. The maximum absolute atomic E-state index is 13.0. The lowest BCUT2D eigenvalue weighted by atomic mass is 10.2. The molecule has 22 heavy (non-hydrogen) atoms. The topological polar surface area (TPSA) is 39.8 Å².